The van der Waals surface area contributed by atoms with Crippen molar-refractivity contribution in [1.29, 1.82) is 0 Å². The predicted molar refractivity (Wildman–Crippen MR) is 124 cm³/mol. The van der Waals surface area contributed by atoms with E-state index in [2.05, 4.69) is 21.6 Å². The van der Waals surface area contributed by atoms with Crippen molar-refractivity contribution >= 4 is 45.4 Å². The van der Waals surface area contributed by atoms with Crippen molar-refractivity contribution in [1.82, 2.24) is 10.4 Å². The lowest BCUT2D eigenvalue weighted by Crippen LogP contribution is -2.17. The fraction of sp³-hybridized carbons (Fsp3) is 0.0870. The first kappa shape index (κ1) is 21.0. The number of benzene rings is 3. The summed E-state index contributed by atoms with van der Waals surface area (Å²) in [5.41, 5.74) is 5.61. The first-order valence-electron chi connectivity index (χ1n) is 9.36. The van der Waals surface area contributed by atoms with Crippen LogP contribution in [0, 0.1) is 5.82 Å². The van der Waals surface area contributed by atoms with Gasteiger partial charge < -0.3 is 4.74 Å². The Labute approximate surface area is 187 Å². The van der Waals surface area contributed by atoms with E-state index in [9.17, 15) is 9.18 Å². The highest BCUT2D eigenvalue weighted by Gasteiger charge is 2.09. The second kappa shape index (κ2) is 9.72. The molecule has 0 saturated heterocycles. The number of thiazole rings is 1. The zero-order valence-corrected chi connectivity index (χ0v) is 18.2. The predicted octanol–water partition coefficient (Wildman–Crippen LogP) is 5.50. The fourth-order valence-electron chi connectivity index (χ4n) is 2.88. The van der Waals surface area contributed by atoms with E-state index >= 15 is 0 Å². The van der Waals surface area contributed by atoms with E-state index in [4.69, 9.17) is 4.74 Å². The summed E-state index contributed by atoms with van der Waals surface area (Å²) in [6, 6.07) is 19.0. The van der Waals surface area contributed by atoms with Crippen molar-refractivity contribution < 1.29 is 13.9 Å². The Bertz CT molecular complexity index is 1210. The molecule has 3 aromatic carbocycles. The van der Waals surface area contributed by atoms with Crippen LogP contribution in [0.1, 0.15) is 21.5 Å². The summed E-state index contributed by atoms with van der Waals surface area (Å²) >= 11 is 3.31. The van der Waals surface area contributed by atoms with Crippen LogP contribution in [0.4, 0.5) is 4.39 Å². The average molecular weight is 452 g/mol. The molecule has 0 bridgehead atoms. The largest absolute Gasteiger partial charge is 0.496 e. The molecule has 0 saturated carbocycles. The van der Waals surface area contributed by atoms with Crippen LogP contribution in [0.15, 0.2) is 76.2 Å². The molecule has 1 heterocycles. The third-order valence-corrected chi connectivity index (χ3v) is 6.64. The number of carbonyl (C=O) groups excluding carboxylic acids is 1. The normalized spacial score (nSPS) is 11.2. The second-order valence-electron chi connectivity index (χ2n) is 6.51. The maximum Gasteiger partial charge on any atom is 0.271 e. The number of aromatic nitrogens is 1. The van der Waals surface area contributed by atoms with Gasteiger partial charge in [0.2, 0.25) is 0 Å². The van der Waals surface area contributed by atoms with Gasteiger partial charge in [0.1, 0.15) is 11.6 Å². The van der Waals surface area contributed by atoms with Crippen molar-refractivity contribution in [3.63, 3.8) is 0 Å². The summed E-state index contributed by atoms with van der Waals surface area (Å²) in [5, 5.41) is 4.01. The molecule has 4 rings (SSSR count). The Morgan fingerprint density at radius 3 is 2.77 bits per heavy atom. The number of hydrazone groups is 1. The van der Waals surface area contributed by atoms with Gasteiger partial charge in [-0.05, 0) is 60.2 Å². The number of hydrogen-bond donors (Lipinski definition) is 1. The number of nitrogens with one attached hydrogen (secondary N) is 1. The lowest BCUT2D eigenvalue weighted by molar-refractivity contribution is 0.0955. The summed E-state index contributed by atoms with van der Waals surface area (Å²) in [7, 11) is 1.64. The van der Waals surface area contributed by atoms with Crippen molar-refractivity contribution in [2.24, 2.45) is 5.10 Å². The first-order valence-corrected chi connectivity index (χ1v) is 11.2. The Morgan fingerprint density at radius 1 is 1.19 bits per heavy atom. The number of para-hydroxylation sites is 1. The van der Waals surface area contributed by atoms with Gasteiger partial charge in [0.05, 0.1) is 23.5 Å². The quantitative estimate of drug-likeness (QED) is 0.229. The zero-order chi connectivity index (χ0) is 21.6. The highest BCUT2D eigenvalue weighted by Crippen LogP contribution is 2.33. The van der Waals surface area contributed by atoms with Crippen molar-refractivity contribution in [2.75, 3.05) is 7.11 Å². The molecule has 156 valence electrons. The SMILES string of the molecule is COc1ccc(C=NNC(=O)c2ccc(F)cc2)cc1CSc1nc2ccccc2s1. The van der Waals surface area contributed by atoms with Gasteiger partial charge >= 0.3 is 0 Å². The minimum absolute atomic E-state index is 0.334. The molecule has 0 fully saturated rings. The molecule has 0 aliphatic heterocycles. The molecule has 0 radical (unpaired) electrons. The maximum atomic E-state index is 13.0. The molecule has 1 aromatic heterocycles. The van der Waals surface area contributed by atoms with Crippen molar-refractivity contribution in [2.45, 2.75) is 10.1 Å². The summed E-state index contributed by atoms with van der Waals surface area (Å²) in [4.78, 5) is 16.7. The number of hydrogen-bond acceptors (Lipinski definition) is 6. The molecule has 0 aliphatic rings. The lowest BCUT2D eigenvalue weighted by atomic mass is 10.1. The zero-order valence-electron chi connectivity index (χ0n) is 16.5. The first-order chi connectivity index (χ1) is 15.1. The molecule has 1 N–H and O–H groups in total. The van der Waals surface area contributed by atoms with Gasteiger partial charge in [-0.15, -0.1) is 11.3 Å². The van der Waals surface area contributed by atoms with Crippen LogP contribution >= 0.6 is 23.1 Å². The third kappa shape index (κ3) is 5.28. The van der Waals surface area contributed by atoms with Crippen molar-refractivity contribution in [3.05, 3.63) is 89.2 Å². The molecule has 0 unspecified atom stereocenters. The van der Waals surface area contributed by atoms with E-state index in [-0.39, 0.29) is 0 Å². The van der Waals surface area contributed by atoms with Gasteiger partial charge in [-0.1, -0.05) is 23.9 Å². The Morgan fingerprint density at radius 2 is 2.00 bits per heavy atom. The molecule has 0 atom stereocenters. The second-order valence-corrected chi connectivity index (χ2v) is 8.77. The summed E-state index contributed by atoms with van der Waals surface area (Å²) < 4.78 is 20.6. The molecule has 8 heteroatoms. The number of methoxy groups -OCH3 is 1. The van der Waals surface area contributed by atoms with E-state index in [0.29, 0.717) is 11.3 Å². The monoisotopic (exact) mass is 451 g/mol. The lowest BCUT2D eigenvalue weighted by Gasteiger charge is -2.08. The fourth-order valence-corrected chi connectivity index (χ4v) is 4.92. The van der Waals surface area contributed by atoms with Crippen LogP contribution in [0.2, 0.25) is 0 Å². The minimum Gasteiger partial charge on any atom is -0.496 e. The number of carbonyl (C=O) groups is 1. The third-order valence-electron chi connectivity index (χ3n) is 4.42. The van der Waals surface area contributed by atoms with E-state index in [1.54, 1.807) is 36.4 Å². The summed E-state index contributed by atoms with van der Waals surface area (Å²) in [5.74, 6) is 0.666. The molecule has 5 nitrogen and oxygen atoms in total. The average Bonchev–Trinajstić information content (AvgIpc) is 3.21. The van der Waals surface area contributed by atoms with Gasteiger partial charge in [0, 0.05) is 16.9 Å². The molecule has 0 spiro atoms. The van der Waals surface area contributed by atoms with Gasteiger partial charge in [0.15, 0.2) is 4.34 Å². The standard InChI is InChI=1S/C23H18FN3O2S2/c1-29-20-11-6-15(13-25-27-22(28)16-7-9-18(24)10-8-16)12-17(20)14-30-23-26-19-4-2-3-5-21(19)31-23/h2-13H,14H2,1H3,(H,27,28). The van der Waals surface area contributed by atoms with Crippen LogP contribution in [-0.4, -0.2) is 24.2 Å². The molecule has 0 aliphatic carbocycles. The van der Waals surface area contributed by atoms with E-state index in [1.165, 1.54) is 24.3 Å². The highest BCUT2D eigenvalue weighted by molar-refractivity contribution is 8.00. The number of halogens is 1. The van der Waals surface area contributed by atoms with E-state index in [0.717, 1.165) is 31.4 Å². The van der Waals surface area contributed by atoms with Crippen LogP contribution in [0.3, 0.4) is 0 Å². The van der Waals surface area contributed by atoms with E-state index in [1.807, 2.05) is 36.4 Å². The van der Waals surface area contributed by atoms with Crippen molar-refractivity contribution in [3.8, 4) is 5.75 Å². The molecule has 4 aromatic rings. The van der Waals surface area contributed by atoms with Crippen LogP contribution in [0.5, 0.6) is 5.75 Å². The minimum atomic E-state index is -0.406. The molecular weight excluding hydrogens is 433 g/mol. The number of ether oxygens (including phenoxy) is 1. The van der Waals surface area contributed by atoms with Gasteiger partial charge in [0.25, 0.3) is 5.91 Å². The van der Waals surface area contributed by atoms with Gasteiger partial charge in [-0.25, -0.2) is 14.8 Å². The molecule has 1 amide bonds. The smallest absolute Gasteiger partial charge is 0.271 e. The van der Waals surface area contributed by atoms with Crippen LogP contribution < -0.4 is 10.2 Å². The Hall–Kier alpha value is -3.23. The summed E-state index contributed by atoms with van der Waals surface area (Å²) in [6.07, 6.45) is 1.56. The number of nitrogens with zero attached hydrogens (tertiary/aromatic N) is 2. The van der Waals surface area contributed by atoms with Crippen LogP contribution in [-0.2, 0) is 5.75 Å². The Balaban J connectivity index is 1.43. The Kier molecular flexibility index (Phi) is 6.59. The number of amides is 1. The maximum absolute atomic E-state index is 13.0. The molecule has 31 heavy (non-hydrogen) atoms. The summed E-state index contributed by atoms with van der Waals surface area (Å²) in [6.45, 7) is 0. The van der Waals surface area contributed by atoms with Gasteiger partial charge in [-0.2, -0.15) is 5.10 Å². The number of fused-ring (bicyclic) bond motifs is 1. The molecular formula is C23H18FN3O2S2. The van der Waals surface area contributed by atoms with E-state index < -0.39 is 11.7 Å². The van der Waals surface area contributed by atoms with Gasteiger partial charge in [-0.3, -0.25) is 4.79 Å². The van der Waals surface area contributed by atoms with Crippen LogP contribution in [0.25, 0.3) is 10.2 Å². The number of thioether (sulfide) groups is 1. The topological polar surface area (TPSA) is 63.6 Å². The highest BCUT2D eigenvalue weighted by atomic mass is 32.2. The number of rotatable bonds is 7.